The molecule has 88 valence electrons. The molecule has 2 atom stereocenters. The van der Waals surface area contributed by atoms with Gasteiger partial charge in [-0.3, -0.25) is 0 Å². The van der Waals surface area contributed by atoms with Crippen molar-refractivity contribution in [1.82, 2.24) is 0 Å². The Morgan fingerprint density at radius 3 is 2.81 bits per heavy atom. The van der Waals surface area contributed by atoms with Crippen molar-refractivity contribution in [2.45, 2.75) is 38.6 Å². The van der Waals surface area contributed by atoms with E-state index in [2.05, 4.69) is 34.2 Å². The van der Waals surface area contributed by atoms with Gasteiger partial charge >= 0.3 is 0 Å². The molecular formula is C13H17BrClN. The molecule has 0 heterocycles. The van der Waals surface area contributed by atoms with Crippen LogP contribution in [0.25, 0.3) is 0 Å². The summed E-state index contributed by atoms with van der Waals surface area (Å²) in [6.45, 7) is 2.33. The van der Waals surface area contributed by atoms with E-state index in [0.717, 1.165) is 21.1 Å². The van der Waals surface area contributed by atoms with Gasteiger partial charge in [0.15, 0.2) is 0 Å². The maximum absolute atomic E-state index is 6.08. The van der Waals surface area contributed by atoms with Crippen LogP contribution in [-0.2, 0) is 0 Å². The lowest BCUT2D eigenvalue weighted by atomic mass is 9.86. The number of anilines is 1. The van der Waals surface area contributed by atoms with Crippen molar-refractivity contribution in [1.29, 1.82) is 0 Å². The van der Waals surface area contributed by atoms with E-state index in [4.69, 9.17) is 11.6 Å². The van der Waals surface area contributed by atoms with Crippen molar-refractivity contribution < 1.29 is 0 Å². The van der Waals surface area contributed by atoms with E-state index >= 15 is 0 Å². The Bertz CT molecular complexity index is 367. The quantitative estimate of drug-likeness (QED) is 0.802. The minimum atomic E-state index is 0.587. The van der Waals surface area contributed by atoms with Crippen molar-refractivity contribution in [2.24, 2.45) is 5.92 Å². The van der Waals surface area contributed by atoms with Crippen molar-refractivity contribution >= 4 is 33.2 Å². The molecule has 2 unspecified atom stereocenters. The van der Waals surface area contributed by atoms with Crippen LogP contribution in [0.5, 0.6) is 0 Å². The summed E-state index contributed by atoms with van der Waals surface area (Å²) in [6.07, 6.45) is 5.30. The second kappa shape index (κ2) is 5.42. The first-order chi connectivity index (χ1) is 7.68. The maximum atomic E-state index is 6.08. The van der Waals surface area contributed by atoms with Gasteiger partial charge in [0.2, 0.25) is 0 Å². The van der Waals surface area contributed by atoms with Crippen LogP contribution in [0.2, 0.25) is 5.02 Å². The van der Waals surface area contributed by atoms with Crippen LogP contribution >= 0.6 is 27.5 Å². The molecule has 0 bridgehead atoms. The van der Waals surface area contributed by atoms with Crippen molar-refractivity contribution in [3.8, 4) is 0 Å². The monoisotopic (exact) mass is 301 g/mol. The molecule has 1 nitrogen and oxygen atoms in total. The molecule has 1 aliphatic rings. The molecule has 0 amide bonds. The third kappa shape index (κ3) is 2.72. The minimum Gasteiger partial charge on any atom is -0.381 e. The van der Waals surface area contributed by atoms with Crippen LogP contribution in [0.15, 0.2) is 22.7 Å². The Labute approximate surface area is 111 Å². The Balaban J connectivity index is 2.10. The van der Waals surface area contributed by atoms with Crippen LogP contribution in [0.1, 0.15) is 32.6 Å². The van der Waals surface area contributed by atoms with Gasteiger partial charge in [0.25, 0.3) is 0 Å². The zero-order chi connectivity index (χ0) is 11.5. The van der Waals surface area contributed by atoms with E-state index in [1.807, 2.05) is 12.1 Å². The first-order valence-corrected chi connectivity index (χ1v) is 7.06. The maximum Gasteiger partial charge on any atom is 0.0593 e. The smallest absolute Gasteiger partial charge is 0.0593 e. The van der Waals surface area contributed by atoms with Crippen molar-refractivity contribution in [3.63, 3.8) is 0 Å². The Kier molecular flexibility index (Phi) is 4.15. The average molecular weight is 303 g/mol. The van der Waals surface area contributed by atoms with Gasteiger partial charge in [0.05, 0.1) is 15.2 Å². The van der Waals surface area contributed by atoms with Gasteiger partial charge in [-0.15, -0.1) is 0 Å². The lowest BCUT2D eigenvalue weighted by molar-refractivity contribution is 0.349. The van der Waals surface area contributed by atoms with Gasteiger partial charge in [0.1, 0.15) is 0 Å². The van der Waals surface area contributed by atoms with Gasteiger partial charge < -0.3 is 5.32 Å². The molecule has 0 radical (unpaired) electrons. The highest BCUT2D eigenvalue weighted by Gasteiger charge is 2.21. The Hall–Kier alpha value is -0.210. The molecule has 1 aromatic carbocycles. The normalized spacial score (nSPS) is 25.4. The lowest BCUT2D eigenvalue weighted by Gasteiger charge is -2.30. The van der Waals surface area contributed by atoms with E-state index in [9.17, 15) is 0 Å². The summed E-state index contributed by atoms with van der Waals surface area (Å²) in [5.41, 5.74) is 1.12. The Morgan fingerprint density at radius 2 is 2.06 bits per heavy atom. The number of hydrogen-bond donors (Lipinski definition) is 1. The highest BCUT2D eigenvalue weighted by Crippen LogP contribution is 2.33. The number of halogens is 2. The first-order valence-electron chi connectivity index (χ1n) is 5.89. The lowest BCUT2D eigenvalue weighted by Crippen LogP contribution is -2.30. The molecule has 0 aromatic heterocycles. The second-order valence-corrected chi connectivity index (χ2v) is 5.81. The van der Waals surface area contributed by atoms with Gasteiger partial charge in [-0.05, 0) is 46.8 Å². The fraction of sp³-hybridized carbons (Fsp3) is 0.538. The summed E-state index contributed by atoms with van der Waals surface area (Å²) in [5.74, 6) is 0.750. The number of nitrogens with one attached hydrogen (secondary N) is 1. The third-order valence-corrected chi connectivity index (χ3v) is 4.80. The number of rotatable bonds is 2. The largest absolute Gasteiger partial charge is 0.381 e. The fourth-order valence-electron chi connectivity index (χ4n) is 2.35. The average Bonchev–Trinajstić information content (AvgIpc) is 2.28. The molecule has 1 saturated carbocycles. The SMILES string of the molecule is CC1CCCCC1Nc1cccc(Cl)c1Br. The topological polar surface area (TPSA) is 12.0 Å². The molecular weight excluding hydrogens is 286 g/mol. The number of hydrogen-bond acceptors (Lipinski definition) is 1. The molecule has 0 spiro atoms. The van der Waals surface area contributed by atoms with E-state index in [1.54, 1.807) is 0 Å². The minimum absolute atomic E-state index is 0.587. The molecule has 1 aliphatic carbocycles. The predicted octanol–water partition coefficient (Wildman–Crippen LogP) is 5.09. The van der Waals surface area contributed by atoms with Gasteiger partial charge in [0, 0.05) is 6.04 Å². The predicted molar refractivity (Wildman–Crippen MR) is 74.2 cm³/mol. The van der Waals surface area contributed by atoms with E-state index < -0.39 is 0 Å². The molecule has 0 aliphatic heterocycles. The molecule has 3 heteroatoms. The second-order valence-electron chi connectivity index (χ2n) is 4.61. The summed E-state index contributed by atoms with van der Waals surface area (Å²) in [7, 11) is 0. The molecule has 1 aromatic rings. The van der Waals surface area contributed by atoms with Crippen molar-refractivity contribution in [3.05, 3.63) is 27.7 Å². The van der Waals surface area contributed by atoms with Crippen LogP contribution in [-0.4, -0.2) is 6.04 Å². The highest BCUT2D eigenvalue weighted by molar-refractivity contribution is 9.10. The van der Waals surface area contributed by atoms with Crippen LogP contribution in [0, 0.1) is 5.92 Å². The summed E-state index contributed by atoms with van der Waals surface area (Å²) in [4.78, 5) is 0. The highest BCUT2D eigenvalue weighted by atomic mass is 79.9. The molecule has 0 saturated heterocycles. The fourth-order valence-corrected chi connectivity index (χ4v) is 2.90. The third-order valence-electron chi connectivity index (χ3n) is 3.40. The van der Waals surface area contributed by atoms with E-state index in [-0.39, 0.29) is 0 Å². The summed E-state index contributed by atoms with van der Waals surface area (Å²) in [5, 5.41) is 4.38. The molecule has 16 heavy (non-hydrogen) atoms. The molecule has 1 fully saturated rings. The van der Waals surface area contributed by atoms with Crippen LogP contribution < -0.4 is 5.32 Å². The van der Waals surface area contributed by atoms with Crippen molar-refractivity contribution in [2.75, 3.05) is 5.32 Å². The Morgan fingerprint density at radius 1 is 1.31 bits per heavy atom. The van der Waals surface area contributed by atoms with Gasteiger partial charge in [-0.2, -0.15) is 0 Å². The van der Waals surface area contributed by atoms with Crippen LogP contribution in [0.4, 0.5) is 5.69 Å². The van der Waals surface area contributed by atoms with E-state index in [1.165, 1.54) is 25.7 Å². The van der Waals surface area contributed by atoms with Gasteiger partial charge in [-0.25, -0.2) is 0 Å². The number of benzene rings is 1. The van der Waals surface area contributed by atoms with E-state index in [0.29, 0.717) is 6.04 Å². The summed E-state index contributed by atoms with van der Waals surface area (Å²) in [6, 6.07) is 6.56. The van der Waals surface area contributed by atoms with Gasteiger partial charge in [-0.1, -0.05) is 37.4 Å². The molecule has 1 N–H and O–H groups in total. The summed E-state index contributed by atoms with van der Waals surface area (Å²) < 4.78 is 0.981. The summed E-state index contributed by atoms with van der Waals surface area (Å²) >= 11 is 9.61. The zero-order valence-electron chi connectivity index (χ0n) is 9.47. The first kappa shape index (κ1) is 12.3. The zero-order valence-corrected chi connectivity index (χ0v) is 11.8. The van der Waals surface area contributed by atoms with Crippen LogP contribution in [0.3, 0.4) is 0 Å². The molecule has 2 rings (SSSR count). The standard InChI is InChI=1S/C13H17BrClN/c1-9-5-2-3-7-11(9)16-12-8-4-6-10(15)13(12)14/h4,6,8-9,11,16H,2-3,5,7H2,1H3.